The fraction of sp³-hybridized carbons (Fsp3) is 0.800. The first-order chi connectivity index (χ1) is 13.1. The van der Waals surface area contributed by atoms with Gasteiger partial charge in [-0.2, -0.15) is 12.6 Å². The van der Waals surface area contributed by atoms with Gasteiger partial charge in [-0.05, 0) is 39.0 Å². The van der Waals surface area contributed by atoms with Crippen LogP contribution in [0.5, 0.6) is 0 Å². The minimum Gasteiger partial charge on any atom is -0.356 e. The van der Waals surface area contributed by atoms with Gasteiger partial charge < -0.3 is 16.0 Å². The summed E-state index contributed by atoms with van der Waals surface area (Å²) in [6.45, 7) is 7.92. The van der Waals surface area contributed by atoms with Gasteiger partial charge in [-0.15, -0.1) is 0 Å². The maximum atomic E-state index is 12.3. The molecule has 0 saturated carbocycles. The molecular formula is C20H37N3O4S. The SMILES string of the molecule is CC(=O)N[C@@H](CCCCNC(=O)C(C)C)C(=O)NCCCCCC(=O)C(C)S. The molecule has 0 aromatic heterocycles. The van der Waals surface area contributed by atoms with Crippen molar-refractivity contribution in [2.45, 2.75) is 83.9 Å². The van der Waals surface area contributed by atoms with Crippen molar-refractivity contribution in [1.29, 1.82) is 0 Å². The second kappa shape index (κ2) is 15.4. The number of rotatable bonds is 15. The number of carbonyl (C=O) groups excluding carboxylic acids is 4. The molecule has 0 radical (unpaired) electrons. The van der Waals surface area contributed by atoms with Gasteiger partial charge in [0, 0.05) is 32.4 Å². The first-order valence-corrected chi connectivity index (χ1v) is 10.7. The van der Waals surface area contributed by atoms with E-state index in [1.807, 2.05) is 13.8 Å². The van der Waals surface area contributed by atoms with E-state index in [1.54, 1.807) is 6.92 Å². The van der Waals surface area contributed by atoms with E-state index < -0.39 is 6.04 Å². The highest BCUT2D eigenvalue weighted by molar-refractivity contribution is 7.81. The zero-order valence-corrected chi connectivity index (χ0v) is 18.6. The Morgan fingerprint density at radius 1 is 0.821 bits per heavy atom. The van der Waals surface area contributed by atoms with Crippen LogP contribution in [0.15, 0.2) is 0 Å². The molecule has 0 aliphatic heterocycles. The normalized spacial score (nSPS) is 12.9. The van der Waals surface area contributed by atoms with E-state index in [-0.39, 0.29) is 34.7 Å². The number of hydrogen-bond donors (Lipinski definition) is 4. The molecule has 28 heavy (non-hydrogen) atoms. The number of carbonyl (C=O) groups is 4. The topological polar surface area (TPSA) is 104 Å². The molecule has 0 fully saturated rings. The summed E-state index contributed by atoms with van der Waals surface area (Å²) in [6, 6.07) is -0.565. The molecule has 0 aliphatic rings. The predicted octanol–water partition coefficient (Wildman–Crippen LogP) is 2.00. The van der Waals surface area contributed by atoms with Crippen LogP contribution in [-0.2, 0) is 19.2 Å². The van der Waals surface area contributed by atoms with Crippen molar-refractivity contribution in [3.63, 3.8) is 0 Å². The van der Waals surface area contributed by atoms with Crippen LogP contribution in [0.3, 0.4) is 0 Å². The minimum atomic E-state index is -0.565. The van der Waals surface area contributed by atoms with Crippen LogP contribution in [0.4, 0.5) is 0 Å². The molecule has 3 amide bonds. The molecule has 0 aromatic carbocycles. The molecule has 2 atom stereocenters. The van der Waals surface area contributed by atoms with Crippen LogP contribution in [-0.4, -0.2) is 47.9 Å². The highest BCUT2D eigenvalue weighted by atomic mass is 32.1. The van der Waals surface area contributed by atoms with Crippen LogP contribution in [0, 0.1) is 5.92 Å². The lowest BCUT2D eigenvalue weighted by Gasteiger charge is -2.18. The van der Waals surface area contributed by atoms with Gasteiger partial charge >= 0.3 is 0 Å². The monoisotopic (exact) mass is 415 g/mol. The largest absolute Gasteiger partial charge is 0.356 e. The molecule has 0 aliphatic carbocycles. The van der Waals surface area contributed by atoms with Gasteiger partial charge in [-0.3, -0.25) is 19.2 Å². The number of thiol groups is 1. The lowest BCUT2D eigenvalue weighted by molar-refractivity contribution is -0.128. The van der Waals surface area contributed by atoms with Crippen molar-refractivity contribution in [3.05, 3.63) is 0 Å². The third-order valence-corrected chi connectivity index (χ3v) is 4.59. The summed E-state index contributed by atoms with van der Waals surface area (Å²) in [4.78, 5) is 46.7. The number of unbranched alkanes of at least 4 members (excludes halogenated alkanes) is 3. The van der Waals surface area contributed by atoms with Gasteiger partial charge in [0.1, 0.15) is 11.8 Å². The van der Waals surface area contributed by atoms with E-state index in [0.29, 0.717) is 25.9 Å². The van der Waals surface area contributed by atoms with E-state index >= 15 is 0 Å². The van der Waals surface area contributed by atoms with E-state index in [2.05, 4.69) is 28.6 Å². The Bertz CT molecular complexity index is 510. The lowest BCUT2D eigenvalue weighted by atomic mass is 10.1. The van der Waals surface area contributed by atoms with Crippen LogP contribution < -0.4 is 16.0 Å². The molecule has 0 saturated heterocycles. The smallest absolute Gasteiger partial charge is 0.242 e. The lowest BCUT2D eigenvalue weighted by Crippen LogP contribution is -2.46. The Morgan fingerprint density at radius 3 is 1.93 bits per heavy atom. The van der Waals surface area contributed by atoms with Crippen molar-refractivity contribution in [2.24, 2.45) is 5.92 Å². The number of nitrogens with one attached hydrogen (secondary N) is 3. The molecule has 1 unspecified atom stereocenters. The zero-order chi connectivity index (χ0) is 21.5. The molecule has 8 heteroatoms. The Balaban J connectivity index is 4.07. The molecule has 0 heterocycles. The summed E-state index contributed by atoms with van der Waals surface area (Å²) in [5.41, 5.74) is 0. The quantitative estimate of drug-likeness (QED) is 0.242. The number of ketones is 1. The molecular weight excluding hydrogens is 378 g/mol. The van der Waals surface area contributed by atoms with E-state index in [0.717, 1.165) is 32.1 Å². The van der Waals surface area contributed by atoms with Crippen LogP contribution in [0.25, 0.3) is 0 Å². The molecule has 0 aromatic rings. The number of Topliss-reactive ketones (excluding diaryl/α,β-unsaturated/α-hetero) is 1. The highest BCUT2D eigenvalue weighted by Gasteiger charge is 2.18. The van der Waals surface area contributed by atoms with Crippen LogP contribution in [0.1, 0.15) is 72.6 Å². The maximum Gasteiger partial charge on any atom is 0.242 e. The Labute approximate surface area is 174 Å². The number of hydrogen-bond acceptors (Lipinski definition) is 5. The van der Waals surface area contributed by atoms with Gasteiger partial charge in [0.15, 0.2) is 0 Å². The molecule has 0 bridgehead atoms. The minimum absolute atomic E-state index is 0.0154. The van der Waals surface area contributed by atoms with Crippen molar-refractivity contribution in [2.75, 3.05) is 13.1 Å². The van der Waals surface area contributed by atoms with Crippen molar-refractivity contribution >= 4 is 36.1 Å². The van der Waals surface area contributed by atoms with Crippen molar-refractivity contribution in [1.82, 2.24) is 16.0 Å². The van der Waals surface area contributed by atoms with E-state index in [9.17, 15) is 19.2 Å². The molecule has 3 N–H and O–H groups in total. The molecule has 0 spiro atoms. The molecule has 7 nitrogen and oxygen atoms in total. The van der Waals surface area contributed by atoms with Crippen LogP contribution in [0.2, 0.25) is 0 Å². The summed E-state index contributed by atoms with van der Waals surface area (Å²) < 4.78 is 0. The summed E-state index contributed by atoms with van der Waals surface area (Å²) in [5, 5.41) is 8.15. The van der Waals surface area contributed by atoms with Gasteiger partial charge in [-0.1, -0.05) is 20.3 Å². The average molecular weight is 416 g/mol. The fourth-order valence-electron chi connectivity index (χ4n) is 2.55. The summed E-state index contributed by atoms with van der Waals surface area (Å²) in [6.07, 6.45) is 4.94. The zero-order valence-electron chi connectivity index (χ0n) is 17.7. The fourth-order valence-corrected chi connectivity index (χ4v) is 2.68. The van der Waals surface area contributed by atoms with Gasteiger partial charge in [0.05, 0.1) is 5.25 Å². The third kappa shape index (κ3) is 13.6. The standard InChI is InChI=1S/C20H37N3O4S/c1-14(2)19(26)21-13-9-7-10-17(23-16(4)24)20(27)22-12-8-5-6-11-18(25)15(3)28/h14-15,17,28H,5-13H2,1-4H3,(H,21,26)(H,22,27)(H,23,24)/t15?,17-/m0/s1. The Hall–Kier alpha value is -1.57. The first-order valence-electron chi connectivity index (χ1n) is 10.2. The van der Waals surface area contributed by atoms with Crippen molar-refractivity contribution in [3.8, 4) is 0 Å². The summed E-state index contributed by atoms with van der Waals surface area (Å²) in [5.74, 6) is -0.323. The average Bonchev–Trinajstić information content (AvgIpc) is 2.61. The molecule has 0 rings (SSSR count). The maximum absolute atomic E-state index is 12.3. The summed E-state index contributed by atoms with van der Waals surface area (Å²) >= 11 is 4.11. The summed E-state index contributed by atoms with van der Waals surface area (Å²) in [7, 11) is 0. The number of amides is 3. The third-order valence-electron chi connectivity index (χ3n) is 4.30. The highest BCUT2D eigenvalue weighted by Crippen LogP contribution is 2.06. The van der Waals surface area contributed by atoms with Gasteiger partial charge in [0.25, 0.3) is 0 Å². The van der Waals surface area contributed by atoms with Crippen LogP contribution >= 0.6 is 12.6 Å². The second-order valence-corrected chi connectivity index (χ2v) is 8.21. The van der Waals surface area contributed by atoms with E-state index in [1.165, 1.54) is 6.92 Å². The van der Waals surface area contributed by atoms with Gasteiger partial charge in [0.2, 0.25) is 17.7 Å². The second-order valence-electron chi connectivity index (χ2n) is 7.44. The Morgan fingerprint density at radius 2 is 1.39 bits per heavy atom. The Kier molecular flexibility index (Phi) is 14.5. The molecule has 162 valence electrons. The predicted molar refractivity (Wildman–Crippen MR) is 114 cm³/mol. The first kappa shape index (κ1) is 26.4. The van der Waals surface area contributed by atoms with E-state index in [4.69, 9.17) is 0 Å². The van der Waals surface area contributed by atoms with Crippen molar-refractivity contribution < 1.29 is 19.2 Å². The van der Waals surface area contributed by atoms with Gasteiger partial charge in [-0.25, -0.2) is 0 Å².